The van der Waals surface area contributed by atoms with Crippen LogP contribution in [0.4, 0.5) is 0 Å². The van der Waals surface area contributed by atoms with E-state index in [1.165, 1.54) is 32.8 Å². The molecule has 17 heavy (non-hydrogen) atoms. The van der Waals surface area contributed by atoms with Gasteiger partial charge in [-0.05, 0) is 18.2 Å². The second-order valence-electron chi connectivity index (χ2n) is 4.16. The van der Waals surface area contributed by atoms with Crippen molar-refractivity contribution in [1.29, 1.82) is 0 Å². The molecule has 2 saturated heterocycles. The van der Waals surface area contributed by atoms with Crippen molar-refractivity contribution in [2.24, 2.45) is 0 Å². The van der Waals surface area contributed by atoms with Gasteiger partial charge < -0.3 is 0 Å². The number of benzene rings is 1. The van der Waals surface area contributed by atoms with Gasteiger partial charge in [0.25, 0.3) is 0 Å². The molecule has 0 nitrogen and oxygen atoms in total. The third kappa shape index (κ3) is 4.50. The van der Waals surface area contributed by atoms with Crippen molar-refractivity contribution in [2.75, 3.05) is 23.0 Å². The molecule has 2 heterocycles. The van der Waals surface area contributed by atoms with Crippen LogP contribution >= 0.6 is 58.6 Å². The fourth-order valence-electron chi connectivity index (χ4n) is 1.41. The fraction of sp³-hybridized carbons (Fsp3) is 0.500. The van der Waals surface area contributed by atoms with Gasteiger partial charge in [0.15, 0.2) is 0 Å². The van der Waals surface area contributed by atoms with E-state index in [9.17, 15) is 0 Å². The van der Waals surface area contributed by atoms with E-state index in [4.69, 9.17) is 11.6 Å². The summed E-state index contributed by atoms with van der Waals surface area (Å²) in [4.78, 5) is 2.66. The molecule has 5 heteroatoms. The average Bonchev–Trinajstić information content (AvgIpc) is 3.15. The average molecular weight is 321 g/mol. The monoisotopic (exact) mass is 320 g/mol. The van der Waals surface area contributed by atoms with Gasteiger partial charge in [-0.2, -0.15) is 23.5 Å². The van der Waals surface area contributed by atoms with Crippen LogP contribution in [0.2, 0.25) is 5.02 Å². The van der Waals surface area contributed by atoms with Gasteiger partial charge in [0.2, 0.25) is 0 Å². The van der Waals surface area contributed by atoms with Gasteiger partial charge in [-0.25, -0.2) is 0 Å². The lowest BCUT2D eigenvalue weighted by molar-refractivity contribution is 1.24. The van der Waals surface area contributed by atoms with Crippen LogP contribution in [0.15, 0.2) is 28.0 Å². The molecule has 2 atom stereocenters. The van der Waals surface area contributed by atoms with Crippen molar-refractivity contribution in [1.82, 2.24) is 0 Å². The van der Waals surface area contributed by atoms with E-state index in [0.717, 1.165) is 15.5 Å². The Balaban J connectivity index is 1.60. The van der Waals surface area contributed by atoms with Gasteiger partial charge in [0, 0.05) is 48.3 Å². The Labute approximate surface area is 124 Å². The van der Waals surface area contributed by atoms with Crippen LogP contribution in [0.5, 0.6) is 0 Å². The molecule has 2 aliphatic heterocycles. The normalized spacial score (nSPS) is 25.9. The number of halogens is 1. The smallest absolute Gasteiger partial charge is 0.0428 e. The van der Waals surface area contributed by atoms with Crippen molar-refractivity contribution < 1.29 is 0 Å². The van der Waals surface area contributed by atoms with Gasteiger partial charge in [-0.3, -0.25) is 0 Å². The topological polar surface area (TPSA) is 0 Å². The van der Waals surface area contributed by atoms with E-state index in [-0.39, 0.29) is 0 Å². The molecule has 2 unspecified atom stereocenters. The Morgan fingerprint density at radius 3 is 1.88 bits per heavy atom. The maximum absolute atomic E-state index is 6.17. The van der Waals surface area contributed by atoms with Gasteiger partial charge in [-0.1, -0.05) is 11.6 Å². The van der Waals surface area contributed by atoms with E-state index >= 15 is 0 Å². The highest BCUT2D eigenvalue weighted by molar-refractivity contribution is 8.09. The fourth-order valence-corrected chi connectivity index (χ4v) is 5.67. The second-order valence-corrected chi connectivity index (χ2v) is 9.45. The molecule has 0 bridgehead atoms. The maximum Gasteiger partial charge on any atom is 0.0428 e. The van der Waals surface area contributed by atoms with E-state index in [1.54, 1.807) is 0 Å². The van der Waals surface area contributed by atoms with E-state index in [0.29, 0.717) is 0 Å². The van der Waals surface area contributed by atoms with E-state index < -0.39 is 0 Å². The molecule has 0 aliphatic carbocycles. The molecule has 0 N–H and O–H groups in total. The first-order valence-corrected chi connectivity index (χ1v) is 10.0. The summed E-state index contributed by atoms with van der Waals surface area (Å²) >= 11 is 14.2. The molecule has 1 aromatic carbocycles. The molecule has 2 aliphatic rings. The first-order valence-electron chi connectivity index (χ1n) is 5.59. The Bertz CT molecular complexity index is 367. The number of thioether (sulfide) groups is 4. The lowest BCUT2D eigenvalue weighted by Crippen LogP contribution is -1.89. The minimum atomic E-state index is 0.879. The maximum atomic E-state index is 6.17. The Kier molecular flexibility index (Phi) is 4.49. The summed E-state index contributed by atoms with van der Waals surface area (Å²) in [5, 5.41) is 2.65. The number of hydrogen-bond donors (Lipinski definition) is 0. The second kappa shape index (κ2) is 5.91. The Morgan fingerprint density at radius 1 is 1.00 bits per heavy atom. The molecule has 2 fully saturated rings. The predicted octanol–water partition coefficient (Wildman–Crippen LogP) is 4.76. The minimum absolute atomic E-state index is 0.879. The summed E-state index contributed by atoms with van der Waals surface area (Å²) in [7, 11) is 0. The first kappa shape index (κ1) is 12.9. The van der Waals surface area contributed by atoms with Crippen molar-refractivity contribution in [3.63, 3.8) is 0 Å². The molecule has 3 rings (SSSR count). The molecule has 0 aromatic heterocycles. The zero-order valence-corrected chi connectivity index (χ0v) is 13.2. The van der Waals surface area contributed by atoms with E-state index in [1.807, 2.05) is 23.5 Å². The summed E-state index contributed by atoms with van der Waals surface area (Å²) in [6, 6.07) is 6.48. The largest absolute Gasteiger partial charge is 0.156 e. The highest BCUT2D eigenvalue weighted by Gasteiger charge is 2.23. The molecular formula is C12H13ClS4. The molecule has 0 radical (unpaired) electrons. The lowest BCUT2D eigenvalue weighted by Gasteiger charge is -2.05. The van der Waals surface area contributed by atoms with Crippen LogP contribution in [0.3, 0.4) is 0 Å². The van der Waals surface area contributed by atoms with Gasteiger partial charge in [0.05, 0.1) is 0 Å². The highest BCUT2D eigenvalue weighted by Crippen LogP contribution is 2.39. The van der Waals surface area contributed by atoms with Crippen LogP contribution < -0.4 is 0 Å². The van der Waals surface area contributed by atoms with Crippen LogP contribution in [0.25, 0.3) is 0 Å². The summed E-state index contributed by atoms with van der Waals surface area (Å²) in [6.45, 7) is 0. The Hall–Kier alpha value is 0.910. The third-order valence-corrected chi connectivity index (χ3v) is 7.38. The lowest BCUT2D eigenvalue weighted by atomic mass is 10.4. The van der Waals surface area contributed by atoms with Crippen LogP contribution in [-0.4, -0.2) is 33.5 Å². The number of rotatable bonds is 6. The van der Waals surface area contributed by atoms with Crippen molar-refractivity contribution in [3.05, 3.63) is 23.2 Å². The minimum Gasteiger partial charge on any atom is -0.156 e. The summed E-state index contributed by atoms with van der Waals surface area (Å²) in [6.07, 6.45) is 0. The quantitative estimate of drug-likeness (QED) is 0.547. The SMILES string of the molecule is Clc1cc(SCC2CS2)cc(SCC2CS2)c1. The summed E-state index contributed by atoms with van der Waals surface area (Å²) in [5.41, 5.74) is 0. The molecule has 0 spiro atoms. The van der Waals surface area contributed by atoms with Gasteiger partial charge in [-0.15, -0.1) is 23.5 Å². The number of hydrogen-bond acceptors (Lipinski definition) is 4. The molecule has 92 valence electrons. The third-order valence-electron chi connectivity index (χ3n) is 2.52. The molecular weight excluding hydrogens is 308 g/mol. The summed E-state index contributed by atoms with van der Waals surface area (Å²) in [5.74, 6) is 5.14. The first-order chi connectivity index (χ1) is 8.29. The highest BCUT2D eigenvalue weighted by atomic mass is 35.5. The summed E-state index contributed by atoms with van der Waals surface area (Å²) < 4.78 is 0. The van der Waals surface area contributed by atoms with Gasteiger partial charge >= 0.3 is 0 Å². The van der Waals surface area contributed by atoms with E-state index in [2.05, 4.69) is 41.7 Å². The van der Waals surface area contributed by atoms with Crippen LogP contribution in [0, 0.1) is 0 Å². The Morgan fingerprint density at radius 2 is 1.47 bits per heavy atom. The molecule has 0 amide bonds. The van der Waals surface area contributed by atoms with Crippen LogP contribution in [0.1, 0.15) is 0 Å². The molecule has 1 aromatic rings. The zero-order chi connectivity index (χ0) is 11.7. The predicted molar refractivity (Wildman–Crippen MR) is 85.4 cm³/mol. The molecule has 0 saturated carbocycles. The standard InChI is InChI=1S/C12H13ClS4/c13-8-1-9(14-4-11-6-16-11)3-10(2-8)15-5-12-7-17-12/h1-3,11-12H,4-7H2. The van der Waals surface area contributed by atoms with Gasteiger partial charge in [0.1, 0.15) is 0 Å². The van der Waals surface area contributed by atoms with Crippen molar-refractivity contribution in [2.45, 2.75) is 20.3 Å². The van der Waals surface area contributed by atoms with Crippen molar-refractivity contribution in [3.8, 4) is 0 Å². The zero-order valence-electron chi connectivity index (χ0n) is 9.23. The van der Waals surface area contributed by atoms with Crippen molar-refractivity contribution >= 4 is 58.6 Å². The van der Waals surface area contributed by atoms with Crippen LogP contribution in [-0.2, 0) is 0 Å².